The zero-order valence-electron chi connectivity index (χ0n) is 36.9. The lowest BCUT2D eigenvalue weighted by Crippen LogP contribution is -2.54. The molecule has 2 aromatic carbocycles. The lowest BCUT2D eigenvalue weighted by atomic mass is 9.78. The fourth-order valence-corrected chi connectivity index (χ4v) is 8.74. The Kier molecular flexibility index (Phi) is 14.8. The van der Waals surface area contributed by atoms with Crippen LogP contribution in [0.5, 0.6) is 0 Å². The van der Waals surface area contributed by atoms with Crippen LogP contribution in [0.3, 0.4) is 0 Å². The summed E-state index contributed by atoms with van der Waals surface area (Å²) in [6.45, 7) is 14.3. The highest BCUT2D eigenvalue weighted by Crippen LogP contribution is 2.49. The van der Waals surface area contributed by atoms with Crippen molar-refractivity contribution in [3.8, 4) is 11.3 Å². The van der Waals surface area contributed by atoms with Gasteiger partial charge in [0.2, 0.25) is 18.2 Å². The highest BCUT2D eigenvalue weighted by molar-refractivity contribution is 5.91. The Morgan fingerprint density at radius 3 is 2.35 bits per heavy atom. The third-order valence-corrected chi connectivity index (χ3v) is 11.9. The number of allylic oxidation sites excluding steroid dienone is 5. The number of carbonyl (C=O) groups is 4. The molecule has 0 saturated carbocycles. The van der Waals surface area contributed by atoms with E-state index in [0.717, 1.165) is 75.9 Å². The second kappa shape index (κ2) is 20.2. The van der Waals surface area contributed by atoms with Crippen molar-refractivity contribution in [2.75, 3.05) is 27.9 Å². The molecule has 0 aliphatic carbocycles. The SMILES string of the molecule is C=C/C(=C\C=C(/C)c1cnc(C2C3CCC(O3)C2C(=O)N(NC(=O)OC)C(C)C)[nH]1)c1ccc2cc(-c3cnc(C4CCCN4C(=O)C(NC=O)C(C)C)[nH]3)ccc2c1.COC. The van der Waals surface area contributed by atoms with Gasteiger partial charge in [0.15, 0.2) is 0 Å². The molecule has 2 bridgehead atoms. The van der Waals surface area contributed by atoms with Crippen LogP contribution in [0.2, 0.25) is 0 Å². The van der Waals surface area contributed by atoms with Gasteiger partial charge in [0.05, 0.1) is 61.0 Å². The van der Waals surface area contributed by atoms with E-state index in [1.54, 1.807) is 20.4 Å². The van der Waals surface area contributed by atoms with Gasteiger partial charge in [0.1, 0.15) is 17.7 Å². The zero-order valence-corrected chi connectivity index (χ0v) is 36.9. The number of nitrogens with one attached hydrogen (secondary N) is 4. The van der Waals surface area contributed by atoms with Crippen molar-refractivity contribution in [1.29, 1.82) is 0 Å². The van der Waals surface area contributed by atoms with Gasteiger partial charge in [-0.05, 0) is 92.0 Å². The van der Waals surface area contributed by atoms with Gasteiger partial charge < -0.3 is 34.4 Å². The van der Waals surface area contributed by atoms with Crippen LogP contribution in [-0.2, 0) is 28.6 Å². The number of hydrogen-bond acceptors (Lipinski definition) is 9. The molecule has 7 rings (SSSR count). The van der Waals surface area contributed by atoms with Crippen molar-refractivity contribution in [1.82, 2.24) is 40.6 Å². The van der Waals surface area contributed by atoms with Gasteiger partial charge in [-0.2, -0.15) is 0 Å². The number of methoxy groups -OCH3 is 2. The Morgan fingerprint density at radius 1 is 0.952 bits per heavy atom. The molecule has 5 heterocycles. The maximum Gasteiger partial charge on any atom is 0.425 e. The largest absolute Gasteiger partial charge is 0.452 e. The van der Waals surface area contributed by atoms with Gasteiger partial charge in [-0.25, -0.2) is 25.2 Å². The summed E-state index contributed by atoms with van der Waals surface area (Å²) >= 11 is 0. The van der Waals surface area contributed by atoms with Crippen molar-refractivity contribution in [3.63, 3.8) is 0 Å². The topological polar surface area (TPSA) is 184 Å². The molecule has 0 radical (unpaired) electrons. The molecule has 330 valence electrons. The van der Waals surface area contributed by atoms with E-state index in [-0.39, 0.29) is 47.9 Å². The van der Waals surface area contributed by atoms with Gasteiger partial charge in [0, 0.05) is 32.4 Å². The fraction of sp³-hybridized carbons (Fsp3) is 0.447. The Morgan fingerprint density at radius 2 is 1.66 bits per heavy atom. The first-order valence-corrected chi connectivity index (χ1v) is 21.2. The summed E-state index contributed by atoms with van der Waals surface area (Å²) in [5, 5.41) is 6.17. The number of benzene rings is 2. The highest BCUT2D eigenvalue weighted by Gasteiger charge is 2.55. The third-order valence-electron chi connectivity index (χ3n) is 11.9. The van der Waals surface area contributed by atoms with Gasteiger partial charge >= 0.3 is 6.09 Å². The highest BCUT2D eigenvalue weighted by atomic mass is 16.5. The van der Waals surface area contributed by atoms with Gasteiger partial charge in [-0.3, -0.25) is 14.4 Å². The summed E-state index contributed by atoms with van der Waals surface area (Å²) in [5.74, 6) is 0.318. The molecule has 6 atom stereocenters. The molecular weight excluding hydrogens is 789 g/mol. The number of amides is 4. The first kappa shape index (κ1) is 45.5. The molecule has 6 unspecified atom stereocenters. The molecule has 0 spiro atoms. The number of aromatic amines is 2. The van der Waals surface area contributed by atoms with Crippen LogP contribution in [0.25, 0.3) is 33.2 Å². The van der Waals surface area contributed by atoms with E-state index >= 15 is 0 Å². The van der Waals surface area contributed by atoms with E-state index in [1.807, 2.05) is 63.9 Å². The average Bonchev–Trinajstić information content (AvgIpc) is 4.13. The normalized spacial score (nSPS) is 21.5. The zero-order chi connectivity index (χ0) is 44.7. The second-order valence-corrected chi connectivity index (χ2v) is 16.7. The standard InChI is InChI=1S/C45H54N8O6.C2H6O/c1-8-28(12-11-27(6)33-22-47-42(49-33)38-36-17-18-37(59-36)39(38)43(55)53(26(4)5)51-45(57)58-7)29-13-14-31-21-32(16-15-30(31)20-29)34-23-46-41(50-34)35-10-9-19-52(35)44(56)40(25(2)3)48-24-54;1-3-2/h8,11-16,20-26,35-40H,1,9-10,17-19H2,2-7H3,(H,46,50)(H,47,49)(H,48,54)(H,51,57);1-2H3/b27-11+,28-12+;. The number of rotatable bonds is 13. The van der Waals surface area contributed by atoms with Crippen LogP contribution < -0.4 is 10.7 Å². The third kappa shape index (κ3) is 9.68. The first-order chi connectivity index (χ1) is 29.8. The van der Waals surface area contributed by atoms with Crippen molar-refractivity contribution >= 4 is 46.2 Å². The van der Waals surface area contributed by atoms with Crippen LogP contribution in [0.1, 0.15) is 95.2 Å². The van der Waals surface area contributed by atoms with Gasteiger partial charge in [-0.15, -0.1) is 0 Å². The molecule has 15 nitrogen and oxygen atoms in total. The smallest absolute Gasteiger partial charge is 0.425 e. The minimum Gasteiger partial charge on any atom is -0.452 e. The number of hydrogen-bond donors (Lipinski definition) is 4. The van der Waals surface area contributed by atoms with E-state index in [1.165, 1.54) is 12.1 Å². The van der Waals surface area contributed by atoms with E-state index in [4.69, 9.17) is 19.4 Å². The van der Waals surface area contributed by atoms with Crippen molar-refractivity contribution < 1.29 is 33.4 Å². The molecule has 3 fully saturated rings. The number of imidazole rings is 2. The number of nitrogens with zero attached hydrogens (tertiary/aromatic N) is 4. The van der Waals surface area contributed by atoms with Gasteiger partial charge in [-0.1, -0.05) is 62.9 Å². The average molecular weight is 849 g/mol. The van der Waals surface area contributed by atoms with Crippen LogP contribution in [0.4, 0.5) is 4.79 Å². The van der Waals surface area contributed by atoms with Crippen molar-refractivity contribution in [2.45, 2.75) is 96.6 Å². The number of ether oxygens (including phenoxy) is 3. The number of aromatic nitrogens is 4. The Hall–Kier alpha value is -6.06. The maximum atomic E-state index is 13.9. The molecule has 3 saturated heterocycles. The molecule has 4 amide bonds. The number of hydrazine groups is 1. The second-order valence-electron chi connectivity index (χ2n) is 16.7. The van der Waals surface area contributed by atoms with Crippen molar-refractivity contribution in [3.05, 3.63) is 96.5 Å². The van der Waals surface area contributed by atoms with Crippen LogP contribution in [0.15, 0.2) is 73.6 Å². The Labute approximate surface area is 363 Å². The molecule has 2 aromatic heterocycles. The fourth-order valence-electron chi connectivity index (χ4n) is 8.74. The molecule has 15 heteroatoms. The predicted octanol–water partition coefficient (Wildman–Crippen LogP) is 7.09. The van der Waals surface area contributed by atoms with Crippen LogP contribution in [0, 0.1) is 11.8 Å². The van der Waals surface area contributed by atoms with E-state index in [9.17, 15) is 19.2 Å². The maximum absolute atomic E-state index is 13.9. The minimum absolute atomic E-state index is 0.0292. The summed E-state index contributed by atoms with van der Waals surface area (Å²) in [4.78, 5) is 68.7. The number of carbonyl (C=O) groups excluding carboxylic acids is 4. The number of H-pyrrole nitrogens is 2. The van der Waals surface area contributed by atoms with E-state index < -0.39 is 18.1 Å². The first-order valence-electron chi connectivity index (χ1n) is 21.2. The number of fused-ring (bicyclic) bond motifs is 3. The van der Waals surface area contributed by atoms with Crippen LogP contribution >= 0.6 is 0 Å². The Bertz CT molecular complexity index is 2310. The number of likely N-dealkylation sites (tertiary alicyclic amines) is 1. The molecule has 4 aromatic rings. The molecule has 3 aliphatic rings. The lowest BCUT2D eigenvalue weighted by molar-refractivity contribution is -0.142. The quantitative estimate of drug-likeness (QED) is 0.0620. The van der Waals surface area contributed by atoms with Crippen molar-refractivity contribution in [2.24, 2.45) is 11.8 Å². The summed E-state index contributed by atoms with van der Waals surface area (Å²) in [7, 11) is 4.52. The molecule has 4 N–H and O–H groups in total. The van der Waals surface area contributed by atoms with Crippen LogP contribution in [-0.4, -0.2) is 106 Å². The van der Waals surface area contributed by atoms with E-state index in [0.29, 0.717) is 18.8 Å². The summed E-state index contributed by atoms with van der Waals surface area (Å²) in [6.07, 6.45) is 12.3. The predicted molar refractivity (Wildman–Crippen MR) is 238 cm³/mol. The van der Waals surface area contributed by atoms with E-state index in [2.05, 4.69) is 68.4 Å². The molecular formula is C47H60N8O7. The summed E-state index contributed by atoms with van der Waals surface area (Å²) < 4.78 is 15.3. The monoisotopic (exact) mass is 848 g/mol. The summed E-state index contributed by atoms with van der Waals surface area (Å²) in [5.41, 5.74) is 8.19. The van der Waals surface area contributed by atoms with Gasteiger partial charge in [0.25, 0.3) is 0 Å². The minimum atomic E-state index is -0.700. The molecule has 62 heavy (non-hydrogen) atoms. The lowest BCUT2D eigenvalue weighted by Gasteiger charge is -2.33. The summed E-state index contributed by atoms with van der Waals surface area (Å²) in [6, 6.07) is 11.6. The Balaban J connectivity index is 0.00000208. The molecule has 3 aliphatic heterocycles.